The molecule has 8 nitrogen and oxygen atoms in total. The van der Waals surface area contributed by atoms with E-state index in [1.807, 2.05) is 6.07 Å². The van der Waals surface area contributed by atoms with Crippen LogP contribution in [0.1, 0.15) is 10.4 Å². The first-order chi connectivity index (χ1) is 14.8. The van der Waals surface area contributed by atoms with Crippen molar-refractivity contribution in [1.29, 1.82) is 0 Å². The first-order valence-corrected chi connectivity index (χ1v) is 10.7. The number of likely N-dealkylation sites (N-methyl/N-ethyl adjacent to an activating group) is 1. The summed E-state index contributed by atoms with van der Waals surface area (Å²) in [4.78, 5) is 24.0. The van der Waals surface area contributed by atoms with Gasteiger partial charge in [0.2, 0.25) is 0 Å². The van der Waals surface area contributed by atoms with E-state index in [1.165, 1.54) is 31.3 Å². The Kier molecular flexibility index (Phi) is 6.56. The van der Waals surface area contributed by atoms with E-state index in [1.54, 1.807) is 48.5 Å². The number of nitrogens with zero attached hydrogens (tertiary/aromatic N) is 1. The van der Waals surface area contributed by atoms with E-state index in [0.717, 1.165) is 4.90 Å². The number of para-hydroxylation sites is 3. The van der Waals surface area contributed by atoms with Gasteiger partial charge in [0.1, 0.15) is 12.3 Å². The maximum Gasteiger partial charge on any atom is 0.323 e. The zero-order chi connectivity index (χ0) is 22.4. The van der Waals surface area contributed by atoms with E-state index in [0.29, 0.717) is 11.5 Å². The van der Waals surface area contributed by atoms with Crippen molar-refractivity contribution in [2.75, 3.05) is 18.3 Å². The monoisotopic (exact) mass is 440 g/mol. The molecule has 9 heteroatoms. The van der Waals surface area contributed by atoms with Gasteiger partial charge in [-0.05, 0) is 48.5 Å². The summed E-state index contributed by atoms with van der Waals surface area (Å²) in [6, 6.07) is 20.8. The van der Waals surface area contributed by atoms with Gasteiger partial charge in [0.05, 0.1) is 10.6 Å². The van der Waals surface area contributed by atoms with Gasteiger partial charge in [-0.3, -0.25) is 14.3 Å². The smallest absolute Gasteiger partial charge is 0.323 e. The fourth-order valence-electron chi connectivity index (χ4n) is 2.73. The van der Waals surface area contributed by atoms with Crippen LogP contribution in [0.4, 0.5) is 5.69 Å². The van der Waals surface area contributed by atoms with Gasteiger partial charge in [0.25, 0.3) is 15.9 Å². The summed E-state index contributed by atoms with van der Waals surface area (Å²) in [5.41, 5.74) is 0.434. The third kappa shape index (κ3) is 5.61. The molecule has 160 valence electrons. The van der Waals surface area contributed by atoms with E-state index < -0.39 is 28.4 Å². The predicted molar refractivity (Wildman–Crippen MR) is 115 cm³/mol. The summed E-state index contributed by atoms with van der Waals surface area (Å²) >= 11 is 0. The Hall–Kier alpha value is -3.85. The first-order valence-electron chi connectivity index (χ1n) is 9.18. The first kappa shape index (κ1) is 21.8. The summed E-state index contributed by atoms with van der Waals surface area (Å²) in [6.07, 6.45) is 0. The van der Waals surface area contributed by atoms with Gasteiger partial charge in [-0.25, -0.2) is 8.42 Å². The minimum atomic E-state index is -3.96. The lowest BCUT2D eigenvalue weighted by Gasteiger charge is -2.15. The van der Waals surface area contributed by atoms with Crippen LogP contribution in [0.25, 0.3) is 0 Å². The second-order valence-corrected chi connectivity index (χ2v) is 8.28. The number of carboxylic acid groups (broad SMARTS) is 1. The average Bonchev–Trinajstić information content (AvgIpc) is 2.75. The quantitative estimate of drug-likeness (QED) is 0.555. The van der Waals surface area contributed by atoms with Crippen LogP contribution in [0.2, 0.25) is 0 Å². The number of anilines is 1. The zero-order valence-electron chi connectivity index (χ0n) is 16.6. The van der Waals surface area contributed by atoms with E-state index in [4.69, 9.17) is 9.84 Å². The van der Waals surface area contributed by atoms with Crippen LogP contribution in [-0.2, 0) is 14.8 Å². The number of ether oxygens (including phenoxy) is 1. The maximum absolute atomic E-state index is 12.8. The third-order valence-electron chi connectivity index (χ3n) is 4.23. The van der Waals surface area contributed by atoms with Crippen molar-refractivity contribution in [2.24, 2.45) is 0 Å². The largest absolute Gasteiger partial charge is 0.480 e. The van der Waals surface area contributed by atoms with Crippen LogP contribution in [0.5, 0.6) is 11.5 Å². The number of hydrogen-bond donors (Lipinski definition) is 2. The van der Waals surface area contributed by atoms with E-state index >= 15 is 0 Å². The number of nitrogens with one attached hydrogen (secondary N) is 1. The van der Waals surface area contributed by atoms with Crippen LogP contribution < -0.4 is 9.46 Å². The van der Waals surface area contributed by atoms with Gasteiger partial charge in [0.15, 0.2) is 5.75 Å². The predicted octanol–water partition coefficient (Wildman–Crippen LogP) is 3.44. The number of benzene rings is 3. The van der Waals surface area contributed by atoms with Crippen LogP contribution in [-0.4, -0.2) is 43.9 Å². The molecule has 0 saturated heterocycles. The van der Waals surface area contributed by atoms with Gasteiger partial charge in [-0.2, -0.15) is 0 Å². The maximum atomic E-state index is 12.8. The van der Waals surface area contributed by atoms with Gasteiger partial charge in [-0.15, -0.1) is 0 Å². The Balaban J connectivity index is 1.79. The number of rotatable bonds is 8. The Labute approximate surface area is 179 Å². The second kappa shape index (κ2) is 9.31. The minimum absolute atomic E-state index is 0.0561. The normalized spacial score (nSPS) is 10.9. The van der Waals surface area contributed by atoms with Gasteiger partial charge >= 0.3 is 5.97 Å². The molecule has 0 atom stereocenters. The fraction of sp³-hybridized carbons (Fsp3) is 0.0909. The molecule has 0 bridgehead atoms. The molecule has 0 aliphatic carbocycles. The molecule has 0 unspecified atom stereocenters. The minimum Gasteiger partial charge on any atom is -0.480 e. The van der Waals surface area contributed by atoms with Crippen molar-refractivity contribution >= 4 is 27.6 Å². The third-order valence-corrected chi connectivity index (χ3v) is 5.61. The molecule has 0 fully saturated rings. The SMILES string of the molecule is CN(CC(=O)O)C(=O)c1ccc(S(=O)(=O)Nc2ccccc2Oc2ccccc2)cc1. The molecule has 3 aromatic rings. The molecule has 0 saturated carbocycles. The van der Waals surface area contributed by atoms with E-state index in [-0.39, 0.29) is 16.1 Å². The molecule has 0 radical (unpaired) electrons. The summed E-state index contributed by atoms with van der Waals surface area (Å²) in [5.74, 6) is -0.779. The van der Waals surface area contributed by atoms with Crippen LogP contribution in [0, 0.1) is 0 Å². The molecule has 2 N–H and O–H groups in total. The molecule has 0 aromatic heterocycles. The Morgan fingerprint density at radius 1 is 0.935 bits per heavy atom. The highest BCUT2D eigenvalue weighted by Gasteiger charge is 2.19. The Bertz CT molecular complexity index is 1180. The molecule has 0 aliphatic heterocycles. The van der Waals surface area contributed by atoms with Crippen LogP contribution >= 0.6 is 0 Å². The number of sulfonamides is 1. The summed E-state index contributed by atoms with van der Waals surface area (Å²) in [6.45, 7) is -0.460. The van der Waals surface area contributed by atoms with Crippen molar-refractivity contribution < 1.29 is 27.9 Å². The van der Waals surface area contributed by atoms with E-state index in [2.05, 4.69) is 4.72 Å². The Morgan fingerprint density at radius 3 is 2.19 bits per heavy atom. The molecule has 0 spiro atoms. The lowest BCUT2D eigenvalue weighted by atomic mass is 10.2. The number of amides is 1. The molecular formula is C22H20N2O6S. The van der Waals surface area contributed by atoms with Crippen molar-refractivity contribution in [2.45, 2.75) is 4.90 Å². The molecule has 31 heavy (non-hydrogen) atoms. The highest BCUT2D eigenvalue weighted by atomic mass is 32.2. The summed E-state index contributed by atoms with van der Waals surface area (Å²) in [7, 11) is -2.61. The number of hydrogen-bond acceptors (Lipinski definition) is 5. The lowest BCUT2D eigenvalue weighted by molar-refractivity contribution is -0.137. The molecule has 3 aromatic carbocycles. The molecule has 3 rings (SSSR count). The molecule has 0 heterocycles. The average molecular weight is 440 g/mol. The van der Waals surface area contributed by atoms with Crippen LogP contribution in [0.3, 0.4) is 0 Å². The number of carbonyl (C=O) groups is 2. The van der Waals surface area contributed by atoms with Crippen molar-refractivity contribution in [3.8, 4) is 11.5 Å². The number of carbonyl (C=O) groups excluding carboxylic acids is 1. The standard InChI is InChI=1S/C22H20N2O6S/c1-24(15-21(25)26)22(27)16-11-13-18(14-12-16)31(28,29)23-19-9-5-6-10-20(19)30-17-7-3-2-4-8-17/h2-14,23H,15H2,1H3,(H,25,26). The number of carboxylic acids is 1. The molecular weight excluding hydrogens is 420 g/mol. The van der Waals surface area contributed by atoms with Gasteiger partial charge < -0.3 is 14.7 Å². The number of aliphatic carboxylic acids is 1. The zero-order valence-corrected chi connectivity index (χ0v) is 17.4. The topological polar surface area (TPSA) is 113 Å². The lowest BCUT2D eigenvalue weighted by Crippen LogP contribution is -2.31. The highest BCUT2D eigenvalue weighted by Crippen LogP contribution is 2.30. The second-order valence-electron chi connectivity index (χ2n) is 6.60. The van der Waals surface area contributed by atoms with Gasteiger partial charge in [-0.1, -0.05) is 30.3 Å². The van der Waals surface area contributed by atoms with Crippen molar-refractivity contribution in [3.05, 3.63) is 84.4 Å². The highest BCUT2D eigenvalue weighted by molar-refractivity contribution is 7.92. The van der Waals surface area contributed by atoms with Gasteiger partial charge in [0, 0.05) is 12.6 Å². The Morgan fingerprint density at radius 2 is 1.55 bits per heavy atom. The fourth-order valence-corrected chi connectivity index (χ4v) is 3.80. The summed E-state index contributed by atoms with van der Waals surface area (Å²) in [5, 5.41) is 8.79. The van der Waals surface area contributed by atoms with Crippen LogP contribution in [0.15, 0.2) is 83.8 Å². The van der Waals surface area contributed by atoms with Crippen molar-refractivity contribution in [1.82, 2.24) is 4.90 Å². The van der Waals surface area contributed by atoms with Crippen molar-refractivity contribution in [3.63, 3.8) is 0 Å². The molecule has 1 amide bonds. The summed E-state index contributed by atoms with van der Waals surface area (Å²) < 4.78 is 33.9. The molecule has 0 aliphatic rings. The van der Waals surface area contributed by atoms with E-state index in [9.17, 15) is 18.0 Å².